The molecule has 0 fully saturated rings. The Hall–Kier alpha value is -2.44. The Balaban J connectivity index is 3.11. The summed E-state index contributed by atoms with van der Waals surface area (Å²) in [7, 11) is 0. The second-order valence-corrected chi connectivity index (χ2v) is 3.64. The van der Waals surface area contributed by atoms with E-state index in [1.165, 1.54) is 13.0 Å². The van der Waals surface area contributed by atoms with Crippen LogP contribution in [-0.4, -0.2) is 30.3 Å². The van der Waals surface area contributed by atoms with Gasteiger partial charge < -0.3 is 15.6 Å². The molecule has 20 heavy (non-hydrogen) atoms. The first-order valence-corrected chi connectivity index (χ1v) is 5.74. The van der Waals surface area contributed by atoms with E-state index in [0.717, 1.165) is 6.21 Å². The van der Waals surface area contributed by atoms with Crippen molar-refractivity contribution in [2.24, 2.45) is 4.99 Å². The van der Waals surface area contributed by atoms with Crippen molar-refractivity contribution < 1.29 is 23.4 Å². The third kappa shape index (κ3) is 4.04. The van der Waals surface area contributed by atoms with E-state index < -0.39 is 23.7 Å². The molecule has 0 amide bonds. The lowest BCUT2D eigenvalue weighted by molar-refractivity contribution is -0.138. The number of aliphatic hydroxyl groups excluding tert-OH is 1. The monoisotopic (exact) mass is 284 g/mol. The van der Waals surface area contributed by atoms with E-state index in [9.17, 15) is 18.7 Å². The lowest BCUT2D eigenvalue weighted by Crippen LogP contribution is -2.14. The number of halogens is 2. The highest BCUT2D eigenvalue weighted by Gasteiger charge is 2.21. The number of allylic oxidation sites excluding steroid dienone is 1. The zero-order valence-corrected chi connectivity index (χ0v) is 10.7. The molecular formula is C13H14F2N2O3. The summed E-state index contributed by atoms with van der Waals surface area (Å²) in [6, 6.07) is 6.41. The number of esters is 1. The maximum absolute atomic E-state index is 12.5. The summed E-state index contributed by atoms with van der Waals surface area (Å²) in [5.41, 5.74) is 5.51. The van der Waals surface area contributed by atoms with Crippen LogP contribution in [0.1, 0.15) is 6.92 Å². The Morgan fingerprint density at radius 3 is 2.70 bits per heavy atom. The van der Waals surface area contributed by atoms with Crippen molar-refractivity contribution in [3.8, 4) is 0 Å². The highest BCUT2D eigenvalue weighted by Crippen LogP contribution is 2.21. The zero-order valence-electron chi connectivity index (χ0n) is 10.7. The third-order valence-corrected chi connectivity index (χ3v) is 2.25. The maximum Gasteiger partial charge on any atom is 0.343 e. The van der Waals surface area contributed by atoms with E-state index in [4.69, 9.17) is 5.73 Å². The maximum atomic E-state index is 12.5. The van der Waals surface area contributed by atoms with Crippen molar-refractivity contribution in [2.45, 2.75) is 13.3 Å². The van der Waals surface area contributed by atoms with Gasteiger partial charge in [-0.2, -0.15) is 0 Å². The van der Waals surface area contributed by atoms with E-state index in [1.807, 2.05) is 0 Å². The van der Waals surface area contributed by atoms with Crippen molar-refractivity contribution in [3.63, 3.8) is 0 Å². The van der Waals surface area contributed by atoms with Crippen LogP contribution < -0.4 is 5.73 Å². The van der Waals surface area contributed by atoms with Gasteiger partial charge in [0.25, 0.3) is 6.43 Å². The number of hydrogen-bond donors (Lipinski definition) is 2. The lowest BCUT2D eigenvalue weighted by Gasteiger charge is -2.06. The highest BCUT2D eigenvalue weighted by atomic mass is 19.3. The molecule has 5 nitrogen and oxygen atoms in total. The molecule has 0 radical (unpaired) electrons. The number of anilines is 1. The fourth-order valence-electron chi connectivity index (χ4n) is 1.29. The predicted molar refractivity (Wildman–Crippen MR) is 71.3 cm³/mol. The first-order chi connectivity index (χ1) is 9.47. The number of ether oxygens (including phenoxy) is 1. The van der Waals surface area contributed by atoms with Gasteiger partial charge in [0, 0.05) is 6.21 Å². The summed E-state index contributed by atoms with van der Waals surface area (Å²) < 4.78 is 29.5. The molecule has 0 unspecified atom stereocenters. The molecule has 0 heterocycles. The van der Waals surface area contributed by atoms with Crippen LogP contribution in [0.5, 0.6) is 0 Å². The molecule has 1 aromatic carbocycles. The summed E-state index contributed by atoms with van der Waals surface area (Å²) in [5.74, 6) is -2.47. The Kier molecular flexibility index (Phi) is 5.64. The Morgan fingerprint density at radius 2 is 2.15 bits per heavy atom. The van der Waals surface area contributed by atoms with Crippen LogP contribution in [0.4, 0.5) is 20.2 Å². The molecule has 0 atom stereocenters. The zero-order chi connectivity index (χ0) is 15.1. The third-order valence-electron chi connectivity index (χ3n) is 2.25. The smallest absolute Gasteiger partial charge is 0.343 e. The second kappa shape index (κ2) is 7.22. The summed E-state index contributed by atoms with van der Waals surface area (Å²) in [5, 5.41) is 9.24. The van der Waals surface area contributed by atoms with Gasteiger partial charge in [0.1, 0.15) is 5.57 Å². The van der Waals surface area contributed by atoms with Gasteiger partial charge in [0.2, 0.25) is 0 Å². The molecule has 0 aliphatic heterocycles. The van der Waals surface area contributed by atoms with E-state index in [1.54, 1.807) is 18.2 Å². The summed E-state index contributed by atoms with van der Waals surface area (Å²) in [6.45, 7) is 1.50. The van der Waals surface area contributed by atoms with Crippen LogP contribution in [0.3, 0.4) is 0 Å². The fourth-order valence-corrected chi connectivity index (χ4v) is 1.29. The number of benzene rings is 1. The van der Waals surface area contributed by atoms with Gasteiger partial charge in [-0.05, 0) is 19.1 Å². The molecule has 108 valence electrons. The van der Waals surface area contributed by atoms with Gasteiger partial charge in [-0.25, -0.2) is 13.6 Å². The highest BCUT2D eigenvalue weighted by molar-refractivity contribution is 6.10. The minimum atomic E-state index is -3.20. The molecule has 7 heteroatoms. The Morgan fingerprint density at radius 1 is 1.50 bits per heavy atom. The molecule has 0 saturated heterocycles. The molecule has 0 aliphatic carbocycles. The minimum Gasteiger partial charge on any atom is -0.506 e. The van der Waals surface area contributed by atoms with Crippen LogP contribution in [0, 0.1) is 0 Å². The first kappa shape index (κ1) is 15.6. The second-order valence-electron chi connectivity index (χ2n) is 3.64. The fraction of sp³-hybridized carbons (Fsp3) is 0.231. The molecule has 3 N–H and O–H groups in total. The number of alkyl halides is 2. The van der Waals surface area contributed by atoms with Crippen LogP contribution in [0.2, 0.25) is 0 Å². The van der Waals surface area contributed by atoms with E-state index in [0.29, 0.717) is 5.69 Å². The van der Waals surface area contributed by atoms with Crippen LogP contribution in [0.25, 0.3) is 0 Å². The van der Waals surface area contributed by atoms with E-state index >= 15 is 0 Å². The molecule has 1 aromatic rings. The van der Waals surface area contributed by atoms with Crippen molar-refractivity contribution in [2.75, 3.05) is 12.3 Å². The minimum absolute atomic E-state index is 0.0137. The van der Waals surface area contributed by atoms with Gasteiger partial charge in [0.15, 0.2) is 5.76 Å². The topological polar surface area (TPSA) is 84.9 Å². The molecule has 0 aliphatic rings. The SMILES string of the molecule is CCOC(=O)/C(C=Nc1ccccc1N)=C(/O)C(F)F. The van der Waals surface area contributed by atoms with E-state index in [2.05, 4.69) is 9.73 Å². The van der Waals surface area contributed by atoms with Crippen LogP contribution in [0.15, 0.2) is 40.6 Å². The molecule has 0 bridgehead atoms. The van der Waals surface area contributed by atoms with Crippen LogP contribution in [-0.2, 0) is 9.53 Å². The average Bonchev–Trinajstić information content (AvgIpc) is 2.41. The number of nitrogens with two attached hydrogens (primary N) is 1. The van der Waals surface area contributed by atoms with Gasteiger partial charge in [-0.1, -0.05) is 12.1 Å². The van der Waals surface area contributed by atoms with Gasteiger partial charge in [-0.15, -0.1) is 0 Å². The van der Waals surface area contributed by atoms with Gasteiger partial charge in [-0.3, -0.25) is 4.99 Å². The van der Waals surface area contributed by atoms with Gasteiger partial charge in [0.05, 0.1) is 18.0 Å². The van der Waals surface area contributed by atoms with Crippen molar-refractivity contribution in [1.29, 1.82) is 0 Å². The van der Waals surface area contributed by atoms with Crippen LogP contribution >= 0.6 is 0 Å². The normalized spacial score (nSPS) is 12.6. The Bertz CT molecular complexity index is 542. The number of para-hydroxylation sites is 2. The number of carbonyl (C=O) groups is 1. The first-order valence-electron chi connectivity index (χ1n) is 5.74. The number of hydrogen-bond acceptors (Lipinski definition) is 5. The van der Waals surface area contributed by atoms with E-state index in [-0.39, 0.29) is 12.3 Å². The quantitative estimate of drug-likeness (QED) is 0.286. The largest absolute Gasteiger partial charge is 0.506 e. The molecule has 0 aromatic heterocycles. The average molecular weight is 284 g/mol. The number of rotatable bonds is 5. The number of aliphatic hydroxyl groups is 1. The summed E-state index contributed by atoms with van der Waals surface area (Å²) >= 11 is 0. The standard InChI is InChI=1S/C13H14F2N2O3/c1-2-20-13(19)8(11(18)12(14)15)7-17-10-6-4-3-5-9(10)16/h3-7,12,18H,2,16H2,1H3/b11-8+,17-7?. The lowest BCUT2D eigenvalue weighted by atomic mass is 10.2. The van der Waals surface area contributed by atoms with Crippen molar-refractivity contribution in [1.82, 2.24) is 0 Å². The number of nitrogens with zero attached hydrogens (tertiary/aromatic N) is 1. The molecule has 1 rings (SSSR count). The number of aliphatic imine (C=N–C) groups is 1. The number of carbonyl (C=O) groups excluding carboxylic acids is 1. The summed E-state index contributed by atoms with van der Waals surface area (Å²) in [6.07, 6.45) is -2.39. The molecular weight excluding hydrogens is 270 g/mol. The number of nitrogen functional groups attached to an aromatic ring is 1. The predicted octanol–water partition coefficient (Wildman–Crippen LogP) is 2.61. The van der Waals surface area contributed by atoms with Crippen molar-refractivity contribution in [3.05, 3.63) is 35.6 Å². The Labute approximate surface area is 114 Å². The molecule has 0 saturated carbocycles. The van der Waals surface area contributed by atoms with Gasteiger partial charge >= 0.3 is 5.97 Å². The molecule has 0 spiro atoms. The van der Waals surface area contributed by atoms with Crippen molar-refractivity contribution >= 4 is 23.6 Å². The summed E-state index contributed by atoms with van der Waals surface area (Å²) in [4.78, 5) is 15.3.